The average molecular weight is 130 g/mol. The Morgan fingerprint density at radius 1 is 1.12 bits per heavy atom. The molecule has 0 aromatic heterocycles. The first-order chi connectivity index (χ1) is 3.71. The summed E-state index contributed by atoms with van der Waals surface area (Å²) in [7, 11) is -3.04. The molecule has 0 atom stereocenters. The fraction of sp³-hybridized carbons (Fsp3) is 0. The van der Waals surface area contributed by atoms with Gasteiger partial charge in [-0.2, -0.15) is 12.4 Å². The molecule has 0 saturated carbocycles. The molecule has 8 heavy (non-hydrogen) atoms. The van der Waals surface area contributed by atoms with E-state index in [0.29, 0.717) is 0 Å². The zero-order valence-electron chi connectivity index (χ0n) is 3.98. The van der Waals surface area contributed by atoms with E-state index in [0.717, 1.165) is 10.8 Å². The summed E-state index contributed by atoms with van der Waals surface area (Å²) in [4.78, 5) is 0. The summed E-state index contributed by atoms with van der Waals surface area (Å²) in [5.74, 6) is 0. The molecule has 4 heteroatoms. The first kappa shape index (κ1) is 5.37. The Kier molecular flexibility index (Phi) is 1.09. The van der Waals surface area contributed by atoms with Gasteiger partial charge in [-0.05, 0) is 0 Å². The lowest BCUT2D eigenvalue weighted by Gasteiger charge is -2.09. The van der Waals surface area contributed by atoms with Crippen LogP contribution in [0.2, 0.25) is 0 Å². The van der Waals surface area contributed by atoms with Gasteiger partial charge in [0.15, 0.2) is 9.84 Å². The van der Waals surface area contributed by atoms with E-state index in [1.165, 1.54) is 12.4 Å². The van der Waals surface area contributed by atoms with Crippen molar-refractivity contribution in [1.29, 1.82) is 0 Å². The fourth-order valence-corrected chi connectivity index (χ4v) is 0.906. The zero-order chi connectivity index (χ0) is 6.04. The van der Waals surface area contributed by atoms with E-state index in [-0.39, 0.29) is 0 Å². The van der Waals surface area contributed by atoms with Crippen LogP contribution in [-0.2, 0) is 9.84 Å². The molecule has 0 unspecified atom stereocenters. The molecule has 0 aromatic carbocycles. The molecule has 0 amide bonds. The second kappa shape index (κ2) is 1.63. The molecule has 0 saturated heterocycles. The van der Waals surface area contributed by atoms with Crippen LogP contribution in [0.5, 0.6) is 0 Å². The summed E-state index contributed by atoms with van der Waals surface area (Å²) in [6.45, 7) is 0. The predicted octanol–water partition coefficient (Wildman–Crippen LogP) is 0.731. The zero-order valence-corrected chi connectivity index (χ0v) is 4.80. The van der Waals surface area contributed by atoms with E-state index >= 15 is 0 Å². The molecule has 0 spiro atoms. The minimum atomic E-state index is -3.04. The van der Waals surface area contributed by atoms with Gasteiger partial charge >= 0.3 is 0 Å². The van der Waals surface area contributed by atoms with E-state index in [1.54, 1.807) is 0 Å². The van der Waals surface area contributed by atoms with Gasteiger partial charge in [-0.15, -0.1) is 0 Å². The Morgan fingerprint density at radius 2 is 1.62 bits per heavy atom. The van der Waals surface area contributed by atoms with Crippen LogP contribution in [0.25, 0.3) is 5.32 Å². The van der Waals surface area contributed by atoms with E-state index in [4.69, 9.17) is 0 Å². The number of hydrogen-bond donors (Lipinski definition) is 0. The van der Waals surface area contributed by atoms with E-state index in [1.807, 2.05) is 0 Å². The third-order valence-electron chi connectivity index (χ3n) is 0.673. The number of sulfone groups is 1. The van der Waals surface area contributed by atoms with Crippen molar-refractivity contribution in [2.75, 3.05) is 0 Å². The minimum Gasteiger partial charge on any atom is -0.669 e. The maximum Gasteiger partial charge on any atom is 0.189 e. The molecule has 0 N–H and O–H groups in total. The van der Waals surface area contributed by atoms with Crippen molar-refractivity contribution in [2.45, 2.75) is 0 Å². The van der Waals surface area contributed by atoms with Gasteiger partial charge < -0.3 is 5.32 Å². The van der Waals surface area contributed by atoms with Crippen LogP contribution in [0.4, 0.5) is 0 Å². The topological polar surface area (TPSA) is 48.2 Å². The largest absolute Gasteiger partial charge is 0.669 e. The summed E-state index contributed by atoms with van der Waals surface area (Å²) < 4.78 is 20.8. The van der Waals surface area contributed by atoms with Crippen LogP contribution in [0.3, 0.4) is 0 Å². The fourth-order valence-electron chi connectivity index (χ4n) is 0.335. The van der Waals surface area contributed by atoms with Gasteiger partial charge in [0, 0.05) is 10.8 Å². The lowest BCUT2D eigenvalue weighted by atomic mass is 10.9. The van der Waals surface area contributed by atoms with Crippen LogP contribution in [0.1, 0.15) is 0 Å². The van der Waals surface area contributed by atoms with Gasteiger partial charge in [0.25, 0.3) is 0 Å². The van der Waals surface area contributed by atoms with Crippen molar-refractivity contribution in [3.63, 3.8) is 0 Å². The molecule has 0 fully saturated rings. The quantitative estimate of drug-likeness (QED) is 0.485. The highest BCUT2D eigenvalue weighted by atomic mass is 32.2. The molecule has 0 aliphatic carbocycles. The molecule has 44 valence electrons. The lowest BCUT2D eigenvalue weighted by molar-refractivity contribution is 0.612. The highest BCUT2D eigenvalue weighted by molar-refractivity contribution is 7.97. The number of nitrogens with zero attached hydrogens (tertiary/aromatic N) is 1. The molecule has 3 nitrogen and oxygen atoms in total. The normalized spacial score (nSPS) is 22.5. The Labute approximate surface area is 47.6 Å². The molecular formula is C4H4NO2S-. The Bertz CT molecular complexity index is 206. The summed E-state index contributed by atoms with van der Waals surface area (Å²) in [5, 5.41) is 5.63. The third-order valence-corrected chi connectivity index (χ3v) is 1.68. The first-order valence-electron chi connectivity index (χ1n) is 1.99. The van der Waals surface area contributed by atoms with Crippen LogP contribution in [0.15, 0.2) is 23.2 Å². The van der Waals surface area contributed by atoms with Gasteiger partial charge in [0.2, 0.25) is 0 Å². The standard InChI is InChI=1S/C4H4NO2S/c6-8(7)3-1-5-2-4-8/h1-4H/q-1. The second-order valence-corrected chi connectivity index (χ2v) is 3.03. The van der Waals surface area contributed by atoms with Crippen LogP contribution in [0, 0.1) is 0 Å². The second-order valence-electron chi connectivity index (χ2n) is 1.31. The number of hydrogen-bond acceptors (Lipinski definition) is 2. The Balaban J connectivity index is 3.03. The molecule has 1 aliphatic heterocycles. The maximum atomic E-state index is 10.4. The van der Waals surface area contributed by atoms with Gasteiger partial charge in [-0.1, -0.05) is 0 Å². The molecule has 0 bridgehead atoms. The Morgan fingerprint density at radius 3 is 1.88 bits per heavy atom. The van der Waals surface area contributed by atoms with Crippen molar-refractivity contribution in [2.24, 2.45) is 0 Å². The highest BCUT2D eigenvalue weighted by Gasteiger charge is 1.94. The monoisotopic (exact) mass is 130 g/mol. The summed E-state index contributed by atoms with van der Waals surface area (Å²) in [6.07, 6.45) is 2.49. The molecule has 0 aromatic rings. The molecular weight excluding hydrogens is 126 g/mol. The van der Waals surface area contributed by atoms with Crippen LogP contribution in [-0.4, -0.2) is 8.42 Å². The smallest absolute Gasteiger partial charge is 0.189 e. The minimum absolute atomic E-state index is 1.05. The van der Waals surface area contributed by atoms with E-state index < -0.39 is 9.84 Å². The van der Waals surface area contributed by atoms with Gasteiger partial charge in [0.05, 0.1) is 0 Å². The molecule has 1 rings (SSSR count). The lowest BCUT2D eigenvalue weighted by Crippen LogP contribution is -1.89. The van der Waals surface area contributed by atoms with Crippen molar-refractivity contribution < 1.29 is 8.42 Å². The molecule has 1 aliphatic rings. The maximum absolute atomic E-state index is 10.4. The highest BCUT2D eigenvalue weighted by Crippen LogP contribution is 2.05. The molecule has 1 heterocycles. The van der Waals surface area contributed by atoms with E-state index in [9.17, 15) is 8.42 Å². The Hall–Kier alpha value is -0.770. The van der Waals surface area contributed by atoms with Crippen LogP contribution < -0.4 is 0 Å². The van der Waals surface area contributed by atoms with E-state index in [2.05, 4.69) is 5.32 Å². The SMILES string of the molecule is O=S1(=O)C=C[N-]C=C1. The van der Waals surface area contributed by atoms with Crippen molar-refractivity contribution >= 4 is 9.84 Å². The van der Waals surface area contributed by atoms with Crippen molar-refractivity contribution in [1.82, 2.24) is 0 Å². The number of rotatable bonds is 0. The predicted molar refractivity (Wildman–Crippen MR) is 30.6 cm³/mol. The summed E-state index contributed by atoms with van der Waals surface area (Å²) >= 11 is 0. The van der Waals surface area contributed by atoms with Crippen molar-refractivity contribution in [3.8, 4) is 0 Å². The first-order valence-corrected chi connectivity index (χ1v) is 3.60. The third kappa shape index (κ3) is 1.10. The summed E-state index contributed by atoms with van der Waals surface area (Å²) in [5.41, 5.74) is 0. The van der Waals surface area contributed by atoms with Gasteiger partial charge in [-0.3, -0.25) is 0 Å². The van der Waals surface area contributed by atoms with Crippen LogP contribution >= 0.6 is 0 Å². The average Bonchev–Trinajstić information content (AvgIpc) is 1.65. The summed E-state index contributed by atoms with van der Waals surface area (Å²) in [6, 6.07) is 0. The van der Waals surface area contributed by atoms with Gasteiger partial charge in [-0.25, -0.2) is 8.42 Å². The molecule has 0 radical (unpaired) electrons. The van der Waals surface area contributed by atoms with Gasteiger partial charge in [0.1, 0.15) is 0 Å². The van der Waals surface area contributed by atoms with Crippen molar-refractivity contribution in [3.05, 3.63) is 28.5 Å².